The van der Waals surface area contributed by atoms with Crippen LogP contribution in [0, 0.1) is 0 Å². The van der Waals surface area contributed by atoms with Gasteiger partial charge in [-0.15, -0.1) is 0 Å². The van der Waals surface area contributed by atoms with Crippen molar-refractivity contribution < 1.29 is 4.74 Å². The van der Waals surface area contributed by atoms with Crippen LogP contribution < -0.4 is 5.69 Å². The fraction of sp³-hybridized carbons (Fsp3) is 0.455. The molecule has 3 rings (SSSR count). The molecule has 5 nitrogen and oxygen atoms in total. The van der Waals surface area contributed by atoms with E-state index in [0.29, 0.717) is 24.0 Å². The quantitative estimate of drug-likeness (QED) is 0.788. The van der Waals surface area contributed by atoms with Gasteiger partial charge in [0.25, 0.3) is 0 Å². The highest BCUT2D eigenvalue weighted by atomic mass is 35.5. The molecule has 1 aliphatic heterocycles. The van der Waals surface area contributed by atoms with Crippen LogP contribution in [0.2, 0.25) is 5.15 Å². The van der Waals surface area contributed by atoms with Crippen molar-refractivity contribution in [2.45, 2.75) is 18.9 Å². The molecule has 17 heavy (non-hydrogen) atoms. The third-order valence-corrected chi connectivity index (χ3v) is 3.30. The van der Waals surface area contributed by atoms with Crippen LogP contribution in [0.1, 0.15) is 18.9 Å². The Morgan fingerprint density at radius 1 is 1.41 bits per heavy atom. The largest absolute Gasteiger partial charge is 0.381 e. The van der Waals surface area contributed by atoms with Gasteiger partial charge >= 0.3 is 5.69 Å². The van der Waals surface area contributed by atoms with Gasteiger partial charge in [-0.05, 0) is 25.0 Å². The van der Waals surface area contributed by atoms with E-state index in [9.17, 15) is 4.79 Å². The number of aromatic nitrogens is 3. The summed E-state index contributed by atoms with van der Waals surface area (Å²) in [5, 5.41) is 0.400. The molecule has 1 N–H and O–H groups in total. The second-order valence-corrected chi connectivity index (χ2v) is 4.54. The van der Waals surface area contributed by atoms with E-state index in [1.165, 1.54) is 0 Å². The smallest absolute Gasteiger partial charge is 0.327 e. The first kappa shape index (κ1) is 10.8. The number of imidazole rings is 1. The molecule has 0 spiro atoms. The van der Waals surface area contributed by atoms with E-state index in [0.717, 1.165) is 18.4 Å². The number of ether oxygens (including phenoxy) is 1. The highest BCUT2D eigenvalue weighted by molar-refractivity contribution is 6.29. The number of pyridine rings is 1. The van der Waals surface area contributed by atoms with Crippen LogP contribution in [0.25, 0.3) is 11.2 Å². The van der Waals surface area contributed by atoms with E-state index in [1.807, 2.05) is 0 Å². The van der Waals surface area contributed by atoms with E-state index in [1.54, 1.807) is 16.7 Å². The number of halogens is 1. The number of H-pyrrole nitrogens is 1. The van der Waals surface area contributed by atoms with Crippen molar-refractivity contribution in [2.24, 2.45) is 0 Å². The molecule has 0 unspecified atom stereocenters. The summed E-state index contributed by atoms with van der Waals surface area (Å²) in [6, 6.07) is 3.60. The minimum atomic E-state index is -0.123. The van der Waals surface area contributed by atoms with E-state index < -0.39 is 0 Å². The number of hydrogen-bond donors (Lipinski definition) is 1. The van der Waals surface area contributed by atoms with Crippen LogP contribution in [-0.2, 0) is 4.74 Å². The normalized spacial score (nSPS) is 17.7. The van der Waals surface area contributed by atoms with Crippen molar-refractivity contribution in [3.05, 3.63) is 27.8 Å². The van der Waals surface area contributed by atoms with Gasteiger partial charge < -0.3 is 9.72 Å². The SMILES string of the molecule is O=c1[nH]c2ccc(Cl)nc2n1C1CCOCC1. The van der Waals surface area contributed by atoms with Crippen molar-refractivity contribution in [1.29, 1.82) is 0 Å². The third kappa shape index (κ3) is 1.85. The molecule has 6 heteroatoms. The Morgan fingerprint density at radius 3 is 2.94 bits per heavy atom. The zero-order valence-corrected chi connectivity index (χ0v) is 9.91. The molecule has 0 aromatic carbocycles. The lowest BCUT2D eigenvalue weighted by Crippen LogP contribution is -2.27. The molecule has 2 aromatic heterocycles. The molecule has 0 radical (unpaired) electrons. The Morgan fingerprint density at radius 2 is 2.18 bits per heavy atom. The first-order chi connectivity index (χ1) is 8.25. The first-order valence-corrected chi connectivity index (χ1v) is 5.98. The van der Waals surface area contributed by atoms with E-state index in [4.69, 9.17) is 16.3 Å². The van der Waals surface area contributed by atoms with E-state index in [-0.39, 0.29) is 11.7 Å². The predicted octanol–water partition coefficient (Wildman–Crippen LogP) is 1.73. The van der Waals surface area contributed by atoms with Gasteiger partial charge in [-0.25, -0.2) is 9.78 Å². The van der Waals surface area contributed by atoms with Gasteiger partial charge in [0, 0.05) is 19.3 Å². The number of rotatable bonds is 1. The summed E-state index contributed by atoms with van der Waals surface area (Å²) in [6.07, 6.45) is 1.67. The second-order valence-electron chi connectivity index (χ2n) is 4.15. The first-order valence-electron chi connectivity index (χ1n) is 5.60. The van der Waals surface area contributed by atoms with Crippen LogP contribution in [0.4, 0.5) is 0 Å². The van der Waals surface area contributed by atoms with Crippen molar-refractivity contribution >= 4 is 22.8 Å². The van der Waals surface area contributed by atoms with Gasteiger partial charge in [0.05, 0.1) is 5.52 Å². The highest BCUT2D eigenvalue weighted by Crippen LogP contribution is 2.23. The van der Waals surface area contributed by atoms with E-state index in [2.05, 4.69) is 9.97 Å². The molecular formula is C11H12ClN3O2. The lowest BCUT2D eigenvalue weighted by atomic mass is 10.1. The minimum absolute atomic E-state index is 0.123. The number of fused-ring (bicyclic) bond motifs is 1. The maximum atomic E-state index is 11.9. The lowest BCUT2D eigenvalue weighted by Gasteiger charge is -2.22. The molecule has 0 amide bonds. The van der Waals surface area contributed by atoms with Crippen LogP contribution in [-0.4, -0.2) is 27.7 Å². The maximum Gasteiger partial charge on any atom is 0.327 e. The Kier molecular flexibility index (Phi) is 2.64. The average molecular weight is 254 g/mol. The highest BCUT2D eigenvalue weighted by Gasteiger charge is 2.20. The Labute approximate surface area is 102 Å². The fourth-order valence-corrected chi connectivity index (χ4v) is 2.40. The zero-order valence-electron chi connectivity index (χ0n) is 9.15. The minimum Gasteiger partial charge on any atom is -0.381 e. The zero-order chi connectivity index (χ0) is 11.8. The van der Waals surface area contributed by atoms with Gasteiger partial charge in [-0.2, -0.15) is 0 Å². The van der Waals surface area contributed by atoms with Gasteiger partial charge in [-0.3, -0.25) is 4.57 Å². The number of nitrogens with zero attached hydrogens (tertiary/aromatic N) is 2. The van der Waals surface area contributed by atoms with Gasteiger partial charge in [0.2, 0.25) is 0 Å². The van der Waals surface area contributed by atoms with Crippen LogP contribution in [0.15, 0.2) is 16.9 Å². The molecular weight excluding hydrogens is 242 g/mol. The summed E-state index contributed by atoms with van der Waals surface area (Å²) in [6.45, 7) is 1.37. The molecule has 0 atom stereocenters. The van der Waals surface area contributed by atoms with Crippen LogP contribution in [0.3, 0.4) is 0 Å². The summed E-state index contributed by atoms with van der Waals surface area (Å²) in [5.74, 6) is 0. The fourth-order valence-electron chi connectivity index (χ4n) is 2.26. The second kappa shape index (κ2) is 4.16. The maximum absolute atomic E-state index is 11.9. The summed E-state index contributed by atoms with van der Waals surface area (Å²) in [7, 11) is 0. The van der Waals surface area contributed by atoms with Crippen molar-refractivity contribution in [3.8, 4) is 0 Å². The Bertz CT molecular complexity index is 598. The lowest BCUT2D eigenvalue weighted by molar-refractivity contribution is 0.0697. The van der Waals surface area contributed by atoms with Crippen molar-refractivity contribution in [2.75, 3.05) is 13.2 Å². The molecule has 1 fully saturated rings. The standard InChI is InChI=1S/C11H12ClN3O2/c12-9-2-1-8-10(14-9)15(11(16)13-8)7-3-5-17-6-4-7/h1-2,7H,3-6H2,(H,13,16). The Hall–Kier alpha value is -1.33. The number of nitrogens with one attached hydrogen (secondary N) is 1. The Balaban J connectivity index is 2.16. The van der Waals surface area contributed by atoms with Gasteiger partial charge in [0.15, 0.2) is 5.65 Å². The molecule has 1 aliphatic rings. The summed E-state index contributed by atoms with van der Waals surface area (Å²) < 4.78 is 7.00. The van der Waals surface area contributed by atoms with Gasteiger partial charge in [-0.1, -0.05) is 11.6 Å². The number of hydrogen-bond acceptors (Lipinski definition) is 3. The van der Waals surface area contributed by atoms with E-state index >= 15 is 0 Å². The average Bonchev–Trinajstić information content (AvgIpc) is 2.65. The predicted molar refractivity (Wildman–Crippen MR) is 64.5 cm³/mol. The molecule has 2 aromatic rings. The van der Waals surface area contributed by atoms with Crippen LogP contribution in [0.5, 0.6) is 0 Å². The topological polar surface area (TPSA) is 59.9 Å². The van der Waals surface area contributed by atoms with Crippen LogP contribution >= 0.6 is 11.6 Å². The molecule has 90 valence electrons. The third-order valence-electron chi connectivity index (χ3n) is 3.09. The molecule has 0 saturated carbocycles. The molecule has 0 bridgehead atoms. The summed E-state index contributed by atoms with van der Waals surface area (Å²) in [5.41, 5.74) is 1.24. The summed E-state index contributed by atoms with van der Waals surface area (Å²) in [4.78, 5) is 19.0. The monoisotopic (exact) mass is 253 g/mol. The number of aromatic amines is 1. The summed E-state index contributed by atoms with van der Waals surface area (Å²) >= 11 is 5.87. The van der Waals surface area contributed by atoms with Gasteiger partial charge in [0.1, 0.15) is 5.15 Å². The van der Waals surface area contributed by atoms with Crippen molar-refractivity contribution in [1.82, 2.24) is 14.5 Å². The molecule has 3 heterocycles. The van der Waals surface area contributed by atoms with Crippen molar-refractivity contribution in [3.63, 3.8) is 0 Å². The molecule has 0 aliphatic carbocycles. The molecule has 1 saturated heterocycles.